The van der Waals surface area contributed by atoms with Crippen molar-refractivity contribution in [2.75, 3.05) is 29.5 Å². The molecule has 3 aromatic rings. The Labute approximate surface area is 201 Å². The molecule has 0 bridgehead atoms. The second kappa shape index (κ2) is 8.10. The molecule has 5 nitrogen and oxygen atoms in total. The van der Waals surface area contributed by atoms with E-state index in [-0.39, 0.29) is 11.9 Å². The van der Waals surface area contributed by atoms with Crippen LogP contribution in [0, 0.1) is 12.3 Å². The number of benzene rings is 3. The Hall–Kier alpha value is -3.44. The maximum Gasteiger partial charge on any atom is 0.261 e. The number of fused-ring (bicyclic) bond motifs is 4. The average Bonchev–Trinajstić information content (AvgIpc) is 3.11. The molecule has 3 aliphatic heterocycles. The van der Waals surface area contributed by atoms with Crippen molar-refractivity contribution in [2.45, 2.75) is 32.9 Å². The maximum atomic E-state index is 14.3. The van der Waals surface area contributed by atoms with Crippen LogP contribution in [0.3, 0.4) is 0 Å². The van der Waals surface area contributed by atoms with Gasteiger partial charge in [-0.25, -0.2) is 0 Å². The number of nitrogens with zero attached hydrogens (tertiary/aromatic N) is 4. The quantitative estimate of drug-likeness (QED) is 0.583. The number of hydrogen-bond donors (Lipinski definition) is 0. The lowest BCUT2D eigenvalue weighted by atomic mass is 9.67. The number of anilines is 2. The second-order valence-corrected chi connectivity index (χ2v) is 9.84. The van der Waals surface area contributed by atoms with Gasteiger partial charge in [-0.1, -0.05) is 66.2 Å². The highest BCUT2D eigenvalue weighted by atomic mass is 16.2. The second-order valence-electron chi connectivity index (χ2n) is 9.84. The van der Waals surface area contributed by atoms with E-state index < -0.39 is 5.41 Å². The van der Waals surface area contributed by atoms with Crippen molar-refractivity contribution in [3.63, 3.8) is 0 Å². The third-order valence-corrected chi connectivity index (χ3v) is 7.80. The van der Waals surface area contributed by atoms with Gasteiger partial charge in [-0.3, -0.25) is 9.69 Å². The summed E-state index contributed by atoms with van der Waals surface area (Å²) in [5, 5.41) is 6.52. The summed E-state index contributed by atoms with van der Waals surface area (Å²) < 4.78 is 0. The Morgan fingerprint density at radius 1 is 0.912 bits per heavy atom. The summed E-state index contributed by atoms with van der Waals surface area (Å²) in [6.45, 7) is 7.72. The molecule has 1 amide bonds. The monoisotopic (exact) mass is 450 g/mol. The number of carbonyl (C=O) groups excluding carboxylic acids is 1. The molecule has 2 atom stereocenters. The molecule has 5 heteroatoms. The van der Waals surface area contributed by atoms with Crippen molar-refractivity contribution in [3.8, 4) is 0 Å². The minimum Gasteiger partial charge on any atom is -0.364 e. The SMILES string of the molecule is CC1=NN(c2ccc(C)cc2)C(=O)[C@]12Cc1ccccc1N1CCN(Cc3ccccc3)C[C@H]12. The molecule has 1 spiro atoms. The smallest absolute Gasteiger partial charge is 0.261 e. The van der Waals surface area contributed by atoms with Gasteiger partial charge >= 0.3 is 0 Å². The van der Waals surface area contributed by atoms with Gasteiger partial charge in [-0.15, -0.1) is 0 Å². The Morgan fingerprint density at radius 3 is 2.44 bits per heavy atom. The van der Waals surface area contributed by atoms with Crippen LogP contribution < -0.4 is 9.91 Å². The first-order valence-electron chi connectivity index (χ1n) is 12.1. The Balaban J connectivity index is 1.39. The molecule has 0 unspecified atom stereocenters. The topological polar surface area (TPSA) is 39.2 Å². The molecule has 0 radical (unpaired) electrons. The number of carbonyl (C=O) groups is 1. The highest BCUT2D eigenvalue weighted by Gasteiger charge is 2.59. The molecule has 3 aliphatic rings. The van der Waals surface area contributed by atoms with Crippen molar-refractivity contribution >= 4 is 23.0 Å². The van der Waals surface area contributed by atoms with Crippen molar-refractivity contribution < 1.29 is 4.79 Å². The Morgan fingerprint density at radius 2 is 1.65 bits per heavy atom. The maximum absolute atomic E-state index is 14.3. The highest BCUT2D eigenvalue weighted by Crippen LogP contribution is 2.48. The van der Waals surface area contributed by atoms with Crippen LogP contribution in [0.4, 0.5) is 11.4 Å². The lowest BCUT2D eigenvalue weighted by Gasteiger charge is -2.53. The summed E-state index contributed by atoms with van der Waals surface area (Å²) in [6.07, 6.45) is 0.694. The number of hydrogen-bond acceptors (Lipinski definition) is 4. The van der Waals surface area contributed by atoms with Crippen LogP contribution in [0.25, 0.3) is 0 Å². The van der Waals surface area contributed by atoms with Crippen LogP contribution in [-0.2, 0) is 17.8 Å². The normalized spacial score (nSPS) is 24.2. The van der Waals surface area contributed by atoms with E-state index in [4.69, 9.17) is 5.10 Å². The largest absolute Gasteiger partial charge is 0.364 e. The third kappa shape index (κ3) is 3.26. The third-order valence-electron chi connectivity index (χ3n) is 7.80. The van der Waals surface area contributed by atoms with Crippen LogP contribution in [0.2, 0.25) is 0 Å². The molecule has 0 N–H and O–H groups in total. The van der Waals surface area contributed by atoms with Gasteiger partial charge in [0.15, 0.2) is 0 Å². The van der Waals surface area contributed by atoms with E-state index in [0.29, 0.717) is 6.42 Å². The molecule has 172 valence electrons. The molecule has 6 rings (SSSR count). The molecule has 1 saturated heterocycles. The number of piperazine rings is 1. The van der Waals surface area contributed by atoms with Crippen molar-refractivity contribution in [1.29, 1.82) is 0 Å². The van der Waals surface area contributed by atoms with Crippen LogP contribution in [0.5, 0.6) is 0 Å². The lowest BCUT2D eigenvalue weighted by Crippen LogP contribution is -2.66. The van der Waals surface area contributed by atoms with Gasteiger partial charge in [0.05, 0.1) is 17.4 Å². The zero-order valence-corrected chi connectivity index (χ0v) is 19.8. The number of rotatable bonds is 3. The average molecular weight is 451 g/mol. The van der Waals surface area contributed by atoms with Gasteiger partial charge in [0.2, 0.25) is 0 Å². The summed E-state index contributed by atoms with van der Waals surface area (Å²) in [5.41, 5.74) is 6.10. The summed E-state index contributed by atoms with van der Waals surface area (Å²) >= 11 is 0. The van der Waals surface area contributed by atoms with Crippen LogP contribution in [-0.4, -0.2) is 42.2 Å². The van der Waals surface area contributed by atoms with Crippen LogP contribution in [0.15, 0.2) is 84.0 Å². The van der Waals surface area contributed by atoms with Crippen molar-refractivity contribution in [3.05, 3.63) is 95.6 Å². The zero-order chi connectivity index (χ0) is 23.3. The van der Waals surface area contributed by atoms with E-state index in [9.17, 15) is 4.79 Å². The van der Waals surface area contributed by atoms with Gasteiger partial charge in [0.1, 0.15) is 5.41 Å². The van der Waals surface area contributed by atoms with E-state index in [1.165, 1.54) is 22.4 Å². The summed E-state index contributed by atoms with van der Waals surface area (Å²) in [6, 6.07) is 27.4. The first-order chi connectivity index (χ1) is 16.6. The summed E-state index contributed by atoms with van der Waals surface area (Å²) in [5.74, 6) is 0.0971. The molecule has 0 saturated carbocycles. The molecular weight excluding hydrogens is 420 g/mol. The fourth-order valence-electron chi connectivity index (χ4n) is 5.97. The highest BCUT2D eigenvalue weighted by molar-refractivity contribution is 6.20. The Bertz CT molecular complexity index is 1250. The lowest BCUT2D eigenvalue weighted by molar-refractivity contribution is -0.125. The molecule has 3 heterocycles. The van der Waals surface area contributed by atoms with Gasteiger partial charge < -0.3 is 4.90 Å². The zero-order valence-electron chi connectivity index (χ0n) is 19.8. The predicted molar refractivity (Wildman–Crippen MR) is 137 cm³/mol. The Kier molecular flexibility index (Phi) is 5.03. The minimum absolute atomic E-state index is 0.0477. The van der Waals surface area contributed by atoms with Gasteiger partial charge in [0.25, 0.3) is 5.91 Å². The van der Waals surface area contributed by atoms with Gasteiger partial charge in [0, 0.05) is 31.9 Å². The molecule has 0 aromatic heterocycles. The first kappa shape index (κ1) is 21.1. The molecule has 1 fully saturated rings. The fourth-order valence-corrected chi connectivity index (χ4v) is 5.97. The van der Waals surface area contributed by atoms with E-state index in [0.717, 1.165) is 37.6 Å². The van der Waals surface area contributed by atoms with E-state index in [2.05, 4.69) is 71.3 Å². The predicted octanol–water partition coefficient (Wildman–Crippen LogP) is 4.65. The van der Waals surface area contributed by atoms with Crippen molar-refractivity contribution in [2.24, 2.45) is 10.5 Å². The molecular formula is C29H30N4O. The molecule has 34 heavy (non-hydrogen) atoms. The van der Waals surface area contributed by atoms with E-state index in [1.807, 2.05) is 31.2 Å². The summed E-state index contributed by atoms with van der Waals surface area (Å²) in [7, 11) is 0. The number of para-hydroxylation sites is 1. The standard InChI is InChI=1S/C29H30N4O/c1-21-12-14-25(15-13-21)33-28(34)29(22(2)30-33)18-24-10-6-7-11-26(24)32-17-16-31(20-27(29)32)19-23-8-4-3-5-9-23/h3-15,27H,16-20H2,1-2H3/t27-,29+/m0/s1. The van der Waals surface area contributed by atoms with Crippen LogP contribution in [0.1, 0.15) is 23.6 Å². The molecule has 3 aromatic carbocycles. The van der Waals surface area contributed by atoms with E-state index in [1.54, 1.807) is 5.01 Å². The van der Waals surface area contributed by atoms with Gasteiger partial charge in [-0.05, 0) is 49.6 Å². The number of amides is 1. The fraction of sp³-hybridized carbons (Fsp3) is 0.310. The number of aryl methyl sites for hydroxylation is 1. The van der Waals surface area contributed by atoms with Crippen molar-refractivity contribution in [1.82, 2.24) is 4.90 Å². The molecule has 0 aliphatic carbocycles. The van der Waals surface area contributed by atoms with Gasteiger partial charge in [-0.2, -0.15) is 10.1 Å². The van der Waals surface area contributed by atoms with Crippen LogP contribution >= 0.6 is 0 Å². The number of hydrazone groups is 1. The van der Waals surface area contributed by atoms with E-state index >= 15 is 0 Å². The minimum atomic E-state index is -0.658. The summed E-state index contributed by atoms with van der Waals surface area (Å²) in [4.78, 5) is 19.3. The first-order valence-corrected chi connectivity index (χ1v) is 12.1.